The van der Waals surface area contributed by atoms with E-state index in [2.05, 4.69) is 23.5 Å². The monoisotopic (exact) mass is 329 g/mol. The van der Waals surface area contributed by atoms with Crippen LogP contribution in [0.15, 0.2) is 53.4 Å². The fourth-order valence-corrected chi connectivity index (χ4v) is 3.38. The zero-order valence-corrected chi connectivity index (χ0v) is 14.0. The maximum Gasteiger partial charge on any atom is 0.261 e. The van der Waals surface area contributed by atoms with Gasteiger partial charge in [0.1, 0.15) is 0 Å². The van der Waals surface area contributed by atoms with E-state index in [-0.39, 0.29) is 4.90 Å². The van der Waals surface area contributed by atoms with Crippen molar-refractivity contribution in [1.82, 2.24) is 0 Å². The third kappa shape index (κ3) is 4.02. The van der Waals surface area contributed by atoms with Crippen LogP contribution in [0.3, 0.4) is 0 Å². The summed E-state index contributed by atoms with van der Waals surface area (Å²) >= 11 is 0. The van der Waals surface area contributed by atoms with Crippen molar-refractivity contribution in [3.8, 4) is 6.07 Å². The van der Waals surface area contributed by atoms with Crippen molar-refractivity contribution < 1.29 is 8.42 Å². The lowest BCUT2D eigenvalue weighted by Gasteiger charge is -2.21. The topological polar surface area (TPSA) is 73.2 Å². The molecule has 0 heterocycles. The molecule has 23 heavy (non-hydrogen) atoms. The molecule has 0 aliphatic carbocycles. The molecule has 120 valence electrons. The van der Waals surface area contributed by atoms with E-state index in [1.807, 2.05) is 18.2 Å². The summed E-state index contributed by atoms with van der Waals surface area (Å²) in [6.45, 7) is 5.93. The van der Waals surface area contributed by atoms with Crippen LogP contribution in [-0.4, -0.2) is 21.5 Å². The fourth-order valence-electron chi connectivity index (χ4n) is 2.28. The van der Waals surface area contributed by atoms with Gasteiger partial charge < -0.3 is 4.90 Å². The predicted octanol–water partition coefficient (Wildman–Crippen LogP) is 3.21. The molecule has 0 saturated heterocycles. The van der Waals surface area contributed by atoms with E-state index in [4.69, 9.17) is 5.26 Å². The summed E-state index contributed by atoms with van der Waals surface area (Å²) in [6.07, 6.45) is 0. The molecule has 2 aromatic rings. The Labute approximate surface area is 137 Å². The van der Waals surface area contributed by atoms with Gasteiger partial charge in [-0.25, -0.2) is 8.42 Å². The van der Waals surface area contributed by atoms with Gasteiger partial charge in [-0.15, -0.1) is 0 Å². The molecule has 5 nitrogen and oxygen atoms in total. The standard InChI is InChI=1S/C17H19N3O2S/c1-3-20(4-2)16-10-8-15(9-11-16)19-23(21,22)17-7-5-6-14(12-17)13-18/h5-12,19H,3-4H2,1-2H3. The van der Waals surface area contributed by atoms with Crippen molar-refractivity contribution in [2.24, 2.45) is 0 Å². The molecule has 0 unspecified atom stereocenters. The highest BCUT2D eigenvalue weighted by Gasteiger charge is 2.14. The minimum absolute atomic E-state index is 0.0735. The Morgan fingerprint density at radius 1 is 1.09 bits per heavy atom. The zero-order chi connectivity index (χ0) is 16.9. The van der Waals surface area contributed by atoms with Gasteiger partial charge in [0, 0.05) is 24.5 Å². The Morgan fingerprint density at radius 2 is 1.74 bits per heavy atom. The van der Waals surface area contributed by atoms with E-state index in [0.29, 0.717) is 11.3 Å². The third-order valence-corrected chi connectivity index (χ3v) is 4.90. The molecule has 6 heteroatoms. The van der Waals surface area contributed by atoms with E-state index >= 15 is 0 Å². The number of anilines is 2. The second kappa shape index (κ2) is 7.16. The summed E-state index contributed by atoms with van der Waals surface area (Å²) in [5.74, 6) is 0. The van der Waals surface area contributed by atoms with E-state index in [1.165, 1.54) is 12.1 Å². The summed E-state index contributed by atoms with van der Waals surface area (Å²) in [5.41, 5.74) is 1.84. The average Bonchev–Trinajstić information content (AvgIpc) is 2.57. The highest BCUT2D eigenvalue weighted by molar-refractivity contribution is 7.92. The van der Waals surface area contributed by atoms with Crippen molar-refractivity contribution in [2.75, 3.05) is 22.7 Å². The van der Waals surface area contributed by atoms with Crippen LogP contribution in [0.5, 0.6) is 0 Å². The summed E-state index contributed by atoms with van der Waals surface area (Å²) in [6, 6.07) is 15.1. The first-order valence-corrected chi connectivity index (χ1v) is 8.86. The van der Waals surface area contributed by atoms with E-state index < -0.39 is 10.0 Å². The Bertz CT molecular complexity index is 804. The molecule has 1 N–H and O–H groups in total. The Kier molecular flexibility index (Phi) is 5.24. The first-order chi connectivity index (χ1) is 11.0. The number of benzene rings is 2. The third-order valence-electron chi connectivity index (χ3n) is 3.52. The lowest BCUT2D eigenvalue weighted by atomic mass is 10.2. The number of nitrogens with one attached hydrogen (secondary N) is 1. The number of sulfonamides is 1. The second-order valence-electron chi connectivity index (χ2n) is 4.96. The molecule has 0 fully saturated rings. The molecule has 0 bridgehead atoms. The van der Waals surface area contributed by atoms with Gasteiger partial charge in [-0.2, -0.15) is 5.26 Å². The van der Waals surface area contributed by atoms with Gasteiger partial charge in [-0.3, -0.25) is 4.72 Å². The smallest absolute Gasteiger partial charge is 0.261 e. The fraction of sp³-hybridized carbons (Fsp3) is 0.235. The second-order valence-corrected chi connectivity index (χ2v) is 6.65. The van der Waals surface area contributed by atoms with Crippen molar-refractivity contribution in [2.45, 2.75) is 18.7 Å². The van der Waals surface area contributed by atoms with Crippen LogP contribution >= 0.6 is 0 Å². The molecule has 0 saturated carbocycles. The summed E-state index contributed by atoms with van der Waals surface area (Å²) < 4.78 is 27.3. The maximum absolute atomic E-state index is 12.4. The minimum Gasteiger partial charge on any atom is -0.372 e. The molecule has 2 aromatic carbocycles. The highest BCUT2D eigenvalue weighted by atomic mass is 32.2. The van der Waals surface area contributed by atoms with E-state index in [1.54, 1.807) is 24.3 Å². The quantitative estimate of drug-likeness (QED) is 0.883. The van der Waals surface area contributed by atoms with E-state index in [9.17, 15) is 8.42 Å². The predicted molar refractivity (Wildman–Crippen MR) is 92.0 cm³/mol. The van der Waals surface area contributed by atoms with Crippen molar-refractivity contribution >= 4 is 21.4 Å². The lowest BCUT2D eigenvalue weighted by Crippen LogP contribution is -2.21. The molecule has 0 amide bonds. The maximum atomic E-state index is 12.4. The number of nitrogens with zero attached hydrogens (tertiary/aromatic N) is 2. The normalized spacial score (nSPS) is 10.8. The molecule has 0 atom stereocenters. The van der Waals surface area contributed by atoms with E-state index in [0.717, 1.165) is 18.8 Å². The van der Waals surface area contributed by atoms with Gasteiger partial charge in [0.25, 0.3) is 10.0 Å². The molecule has 0 aromatic heterocycles. The van der Waals surface area contributed by atoms with Crippen molar-refractivity contribution in [1.29, 1.82) is 5.26 Å². The lowest BCUT2D eigenvalue weighted by molar-refractivity contribution is 0.601. The van der Waals surface area contributed by atoms with Gasteiger partial charge in [0.15, 0.2) is 0 Å². The number of rotatable bonds is 6. The summed E-state index contributed by atoms with van der Waals surface area (Å²) in [4.78, 5) is 2.25. The van der Waals surface area contributed by atoms with Crippen LogP contribution in [0.4, 0.5) is 11.4 Å². The zero-order valence-electron chi connectivity index (χ0n) is 13.2. The molecule has 0 radical (unpaired) electrons. The molecule has 0 spiro atoms. The van der Waals surface area contributed by atoms with Gasteiger partial charge in [0.05, 0.1) is 16.5 Å². The average molecular weight is 329 g/mol. The number of nitriles is 1. The summed E-state index contributed by atoms with van der Waals surface area (Å²) in [5, 5.41) is 8.88. The SMILES string of the molecule is CCN(CC)c1ccc(NS(=O)(=O)c2cccc(C#N)c2)cc1. The number of hydrogen-bond donors (Lipinski definition) is 1. The van der Waals surface area contributed by atoms with Crippen LogP contribution in [0.2, 0.25) is 0 Å². The van der Waals surface area contributed by atoms with Gasteiger partial charge >= 0.3 is 0 Å². The van der Waals surface area contributed by atoms with Crippen LogP contribution in [0.25, 0.3) is 0 Å². The highest BCUT2D eigenvalue weighted by Crippen LogP contribution is 2.21. The summed E-state index contributed by atoms with van der Waals surface area (Å²) in [7, 11) is -3.70. The van der Waals surface area contributed by atoms with Crippen molar-refractivity contribution in [3.63, 3.8) is 0 Å². The van der Waals surface area contributed by atoms with Crippen LogP contribution in [0.1, 0.15) is 19.4 Å². The van der Waals surface area contributed by atoms with Crippen LogP contribution in [0, 0.1) is 11.3 Å². The first kappa shape index (κ1) is 16.8. The van der Waals surface area contributed by atoms with Gasteiger partial charge in [-0.05, 0) is 56.3 Å². The molecule has 2 rings (SSSR count). The Balaban J connectivity index is 2.22. The molecular formula is C17H19N3O2S. The van der Waals surface area contributed by atoms with Gasteiger partial charge in [0.2, 0.25) is 0 Å². The van der Waals surface area contributed by atoms with Crippen LogP contribution in [-0.2, 0) is 10.0 Å². The molecular weight excluding hydrogens is 310 g/mol. The van der Waals surface area contributed by atoms with Crippen molar-refractivity contribution in [3.05, 3.63) is 54.1 Å². The Morgan fingerprint density at radius 3 is 2.30 bits per heavy atom. The van der Waals surface area contributed by atoms with Gasteiger partial charge in [-0.1, -0.05) is 6.07 Å². The Hall–Kier alpha value is -2.52. The number of hydrogen-bond acceptors (Lipinski definition) is 4. The largest absolute Gasteiger partial charge is 0.372 e. The molecule has 0 aliphatic heterocycles. The first-order valence-electron chi connectivity index (χ1n) is 7.38. The van der Waals surface area contributed by atoms with Crippen LogP contribution < -0.4 is 9.62 Å². The molecule has 0 aliphatic rings. The minimum atomic E-state index is -3.70.